The van der Waals surface area contributed by atoms with E-state index in [1.165, 1.54) is 13.8 Å². The summed E-state index contributed by atoms with van der Waals surface area (Å²) in [5.41, 5.74) is -2.17. The van der Waals surface area contributed by atoms with Gasteiger partial charge in [0.25, 0.3) is 0 Å². The smallest absolute Gasteiger partial charge is 0.335 e. The van der Waals surface area contributed by atoms with Crippen molar-refractivity contribution in [2.45, 2.75) is 299 Å². The lowest BCUT2D eigenvalue weighted by Gasteiger charge is -2.72. The van der Waals surface area contributed by atoms with Gasteiger partial charge in [-0.2, -0.15) is 0 Å². The van der Waals surface area contributed by atoms with Crippen molar-refractivity contribution in [2.24, 2.45) is 50.2 Å². The average molecular weight is 1350 g/mol. The number of aliphatic hydroxyl groups excluding tert-OH is 15. The molecule has 94 heavy (non-hydrogen) atoms. The van der Waals surface area contributed by atoms with Crippen molar-refractivity contribution in [3.05, 3.63) is 23.3 Å². The van der Waals surface area contributed by atoms with E-state index in [-0.39, 0.29) is 23.2 Å². The van der Waals surface area contributed by atoms with Crippen LogP contribution in [0.25, 0.3) is 0 Å². The molecule has 0 amide bonds. The fourth-order valence-corrected chi connectivity index (χ4v) is 18.7. The molecule has 538 valence electrons. The van der Waals surface area contributed by atoms with E-state index in [1.807, 2.05) is 13.8 Å². The van der Waals surface area contributed by atoms with Gasteiger partial charge in [0.05, 0.1) is 49.7 Å². The summed E-state index contributed by atoms with van der Waals surface area (Å²) in [7, 11) is 0. The normalized spacial score (nSPS) is 52.6. The van der Waals surface area contributed by atoms with Crippen LogP contribution in [0, 0.1) is 50.2 Å². The van der Waals surface area contributed by atoms with E-state index in [4.69, 9.17) is 52.1 Å². The number of fused-ring (bicyclic) bond motifs is 7. The zero-order chi connectivity index (χ0) is 69.2. The number of hydrogen-bond acceptors (Lipinski definition) is 28. The highest BCUT2D eigenvalue weighted by Crippen LogP contribution is 2.76. The van der Waals surface area contributed by atoms with Gasteiger partial charge in [0.1, 0.15) is 110 Å². The predicted octanol–water partition coefficient (Wildman–Crippen LogP) is -2.13. The van der Waals surface area contributed by atoms with Crippen molar-refractivity contribution in [2.75, 3.05) is 19.8 Å². The monoisotopic (exact) mass is 1350 g/mol. The predicted molar refractivity (Wildman–Crippen MR) is 319 cm³/mol. The van der Waals surface area contributed by atoms with E-state index in [2.05, 4.69) is 40.7 Å². The van der Waals surface area contributed by atoms with Gasteiger partial charge in [-0.25, -0.2) is 9.59 Å². The highest BCUT2D eigenvalue weighted by Gasteiger charge is 2.72. The van der Waals surface area contributed by atoms with Gasteiger partial charge in [-0.1, -0.05) is 66.2 Å². The third-order valence-corrected chi connectivity index (χ3v) is 24.6. The number of carbonyl (C=O) groups is 2. The van der Waals surface area contributed by atoms with Crippen LogP contribution in [0.5, 0.6) is 0 Å². The van der Waals surface area contributed by atoms with Crippen molar-refractivity contribution in [1.29, 1.82) is 0 Å². The minimum Gasteiger partial charge on any atom is -0.479 e. The number of aliphatic carboxylic acids is 1. The van der Waals surface area contributed by atoms with E-state index in [1.54, 1.807) is 19.9 Å². The Morgan fingerprint density at radius 3 is 1.66 bits per heavy atom. The summed E-state index contributed by atoms with van der Waals surface area (Å²) < 4.78 is 68.1. The second-order valence-corrected chi connectivity index (χ2v) is 30.7. The second-order valence-electron chi connectivity index (χ2n) is 30.7. The molecule has 16 N–H and O–H groups in total. The number of carboxylic acid groups (broad SMARTS) is 1. The Morgan fingerprint density at radius 2 is 1.06 bits per heavy atom. The Balaban J connectivity index is 0.976. The summed E-state index contributed by atoms with van der Waals surface area (Å²) >= 11 is 0. The lowest BCUT2D eigenvalue weighted by atomic mass is 9.33. The Labute approximate surface area is 546 Å². The molecule has 0 spiro atoms. The number of carboxylic acids is 1. The van der Waals surface area contributed by atoms with E-state index in [0.717, 1.165) is 5.57 Å². The molecule has 5 saturated heterocycles. The van der Waals surface area contributed by atoms with Crippen molar-refractivity contribution < 1.29 is 143 Å². The molecule has 29 nitrogen and oxygen atoms in total. The molecule has 0 radical (unpaired) electrons. The summed E-state index contributed by atoms with van der Waals surface area (Å²) in [6, 6.07) is 0. The van der Waals surface area contributed by atoms with Gasteiger partial charge in [0.15, 0.2) is 37.6 Å². The van der Waals surface area contributed by atoms with Crippen LogP contribution >= 0.6 is 0 Å². The average Bonchev–Trinajstić information content (AvgIpc) is 0.671. The Hall–Kier alpha value is -2.58. The SMILES string of the molecule is C/C=C(/C)C(=O)O[C@@H]1CC(C)(C)C[C@H]2C3=CC[C@@H]4[C@@]5(C)CC[C@H](O[C@@H]6O[C@H](C(=O)O)[C@@H](O)[C@H](O[C@@H]7O[C@H](CO)[C@H](O)[C@H](O)[C@H]7O[C@@H]7O[C@@H](C)[C@H](O)[C@@H](O)[C@H]7O[C@@H]7O[C@@H](C)[C@H](O)[C@@H](O)[C@H]7O)[C@H]6O[C@@H]6O[C@H](CO)[C@@H](O)[C@H](O)[C@H]6O)C(C)(C)[C@@H]5CC[C@@]4(C)[C@]3(C)C[C@@H](O)[C@@]12CO. The summed E-state index contributed by atoms with van der Waals surface area (Å²) in [4.78, 5) is 26.9. The molecule has 0 unspecified atom stereocenters. The number of allylic oxidation sites excluding steroid dienone is 3. The van der Waals surface area contributed by atoms with Crippen LogP contribution in [0.2, 0.25) is 0 Å². The first-order valence-corrected chi connectivity index (χ1v) is 33.2. The first kappa shape index (κ1) is 74.1. The number of hydrogen-bond donors (Lipinski definition) is 16. The van der Waals surface area contributed by atoms with Gasteiger partial charge >= 0.3 is 11.9 Å². The standard InChI is InChI=1S/C65H104O29/c1-12-25(2)54(83)88-36-21-60(5,6)19-29-28-13-14-33-62(9)17-16-35(61(7,8)32(62)15-18-63(33,10)64(28,11)20-34(69)65(29,36)24-68)89-59-52(94-56-46(79)42(75)39(72)30(22-66)86-56)48(47(80)49(91-59)53(81)82)90-58-51(44(77)40(73)31(23-67)87-58)93-57-50(43(76)38(71)27(4)85-57)92-55-45(78)41(74)37(70)26(3)84-55/h12-13,26-27,29-52,55-59,66-80H,14-24H2,1-11H3,(H,81,82)/b25-12-/t26-,27-,29-,30+,31+,32-,33+,34+,35-,36+,37-,38-,39+,40-,41+,42-,43+,44-,45+,46+,47-,48-,49-,50+,51+,52+,55-,56-,57-,58-,59+,62-,63+,64+,65-/m0/s1. The lowest BCUT2D eigenvalue weighted by Crippen LogP contribution is -2.70. The Kier molecular flexibility index (Phi) is 21.6. The van der Waals surface area contributed by atoms with Gasteiger partial charge in [0, 0.05) is 5.57 Å². The minimum absolute atomic E-state index is 0.0131. The summed E-state index contributed by atoms with van der Waals surface area (Å²) in [6.45, 7) is 18.9. The number of esters is 1. The van der Waals surface area contributed by atoms with Gasteiger partial charge in [-0.05, 0) is 124 Å². The third kappa shape index (κ3) is 12.4. The fourth-order valence-electron chi connectivity index (χ4n) is 18.7. The number of carbonyl (C=O) groups excluding carboxylic acids is 1. The number of ether oxygens (including phenoxy) is 11. The molecule has 0 aromatic heterocycles. The molecule has 9 fully saturated rings. The minimum atomic E-state index is -2.34. The van der Waals surface area contributed by atoms with Crippen LogP contribution in [-0.4, -0.2) is 285 Å². The van der Waals surface area contributed by atoms with Crippen molar-refractivity contribution >= 4 is 11.9 Å². The quantitative estimate of drug-likeness (QED) is 0.0340. The van der Waals surface area contributed by atoms with Crippen LogP contribution in [0.3, 0.4) is 0 Å². The molecule has 10 aliphatic rings. The summed E-state index contributed by atoms with van der Waals surface area (Å²) in [5.74, 6) is -2.69. The maximum absolute atomic E-state index is 13.5. The van der Waals surface area contributed by atoms with Crippen molar-refractivity contribution in [1.82, 2.24) is 0 Å². The Morgan fingerprint density at radius 1 is 0.553 bits per heavy atom. The zero-order valence-electron chi connectivity index (χ0n) is 55.3. The molecule has 0 aromatic rings. The molecular formula is C65H104O29. The van der Waals surface area contributed by atoms with Gasteiger partial charge < -0.3 is 134 Å². The number of rotatable bonds is 16. The fraction of sp³-hybridized carbons (Fsp3) is 0.908. The van der Waals surface area contributed by atoms with Crippen LogP contribution in [-0.2, 0) is 61.7 Å². The molecule has 5 aliphatic heterocycles. The van der Waals surface area contributed by atoms with Crippen LogP contribution < -0.4 is 0 Å². The van der Waals surface area contributed by atoms with E-state index >= 15 is 0 Å². The molecule has 5 heterocycles. The summed E-state index contributed by atoms with van der Waals surface area (Å²) in [6.07, 6.45) is -42.1. The first-order chi connectivity index (χ1) is 43.9. The summed E-state index contributed by atoms with van der Waals surface area (Å²) in [5, 5.41) is 180. The largest absolute Gasteiger partial charge is 0.479 e. The second kappa shape index (κ2) is 27.4. The highest BCUT2D eigenvalue weighted by molar-refractivity contribution is 5.87. The van der Waals surface area contributed by atoms with Gasteiger partial charge in [-0.15, -0.1) is 0 Å². The van der Waals surface area contributed by atoms with Crippen LogP contribution in [0.1, 0.15) is 128 Å². The van der Waals surface area contributed by atoms with E-state index in [0.29, 0.717) is 56.9 Å². The maximum atomic E-state index is 13.5. The molecule has 35 atom stereocenters. The maximum Gasteiger partial charge on any atom is 0.335 e. The van der Waals surface area contributed by atoms with Gasteiger partial charge in [0.2, 0.25) is 0 Å². The zero-order valence-corrected chi connectivity index (χ0v) is 55.3. The lowest BCUT2D eigenvalue weighted by molar-refractivity contribution is -0.412. The first-order valence-electron chi connectivity index (χ1n) is 33.2. The van der Waals surface area contributed by atoms with Gasteiger partial charge in [-0.3, -0.25) is 0 Å². The van der Waals surface area contributed by atoms with E-state index < -0.39 is 231 Å². The third-order valence-electron chi connectivity index (χ3n) is 24.6. The van der Waals surface area contributed by atoms with E-state index in [9.17, 15) is 91.3 Å². The highest BCUT2D eigenvalue weighted by atomic mass is 16.8. The molecular weight excluding hydrogens is 1240 g/mol. The molecule has 4 saturated carbocycles. The molecule has 10 rings (SSSR count). The van der Waals surface area contributed by atoms with Crippen molar-refractivity contribution in [3.63, 3.8) is 0 Å². The molecule has 0 aromatic carbocycles. The van der Waals surface area contributed by atoms with Crippen LogP contribution in [0.15, 0.2) is 23.3 Å². The molecule has 5 aliphatic carbocycles. The number of aliphatic hydroxyl groups is 15. The molecule has 29 heteroatoms. The van der Waals surface area contributed by atoms with Crippen molar-refractivity contribution in [3.8, 4) is 0 Å². The molecule has 0 bridgehead atoms. The topological polar surface area (TPSA) is 459 Å². The Bertz CT molecular complexity index is 2730. The van der Waals surface area contributed by atoms with Crippen LogP contribution in [0.4, 0.5) is 0 Å².